The first-order chi connectivity index (χ1) is 8.75. The minimum absolute atomic E-state index is 0.767. The van der Waals surface area contributed by atoms with Gasteiger partial charge >= 0.3 is 0 Å². The predicted octanol–water partition coefficient (Wildman–Crippen LogP) is 1.86. The highest BCUT2D eigenvalue weighted by Crippen LogP contribution is 2.16. The van der Waals surface area contributed by atoms with Crippen molar-refractivity contribution < 1.29 is 0 Å². The average molecular weight is 267 g/mol. The Morgan fingerprint density at radius 1 is 1.50 bits per heavy atom. The Hall–Kier alpha value is -0.420. The minimum atomic E-state index is 0.767. The molecule has 0 radical (unpaired) electrons. The monoisotopic (exact) mass is 267 g/mol. The summed E-state index contributed by atoms with van der Waals surface area (Å²) in [5.74, 6) is 0. The summed E-state index contributed by atoms with van der Waals surface area (Å²) in [6.07, 6.45) is 2.73. The van der Waals surface area contributed by atoms with Crippen molar-refractivity contribution in [3.05, 3.63) is 22.4 Å². The van der Waals surface area contributed by atoms with Crippen molar-refractivity contribution in [2.45, 2.75) is 25.4 Å². The molecule has 0 amide bonds. The van der Waals surface area contributed by atoms with Gasteiger partial charge in [0.2, 0.25) is 0 Å². The van der Waals surface area contributed by atoms with Crippen LogP contribution in [0.1, 0.15) is 17.7 Å². The van der Waals surface area contributed by atoms with Crippen LogP contribution in [0.15, 0.2) is 17.5 Å². The summed E-state index contributed by atoms with van der Waals surface area (Å²) >= 11 is 1.83. The fourth-order valence-corrected chi connectivity index (χ4v) is 3.34. The van der Waals surface area contributed by atoms with Crippen molar-refractivity contribution in [2.75, 3.05) is 40.3 Å². The lowest BCUT2D eigenvalue weighted by Gasteiger charge is -2.27. The minimum Gasteiger partial charge on any atom is -0.311 e. The summed E-state index contributed by atoms with van der Waals surface area (Å²) in [6.45, 7) is 5.78. The average Bonchev–Trinajstić information content (AvgIpc) is 2.95. The van der Waals surface area contributed by atoms with Crippen molar-refractivity contribution in [3.63, 3.8) is 0 Å². The van der Waals surface area contributed by atoms with Crippen LogP contribution in [-0.4, -0.2) is 56.1 Å². The Morgan fingerprint density at radius 2 is 2.39 bits per heavy atom. The summed E-state index contributed by atoms with van der Waals surface area (Å²) in [5.41, 5.74) is 0. The van der Waals surface area contributed by atoms with Gasteiger partial charge in [0.15, 0.2) is 0 Å². The first kappa shape index (κ1) is 14.0. The third-order valence-corrected chi connectivity index (χ3v) is 4.41. The number of likely N-dealkylation sites (tertiary alicyclic amines) is 1. The van der Waals surface area contributed by atoms with E-state index in [1.54, 1.807) is 0 Å². The van der Waals surface area contributed by atoms with E-state index in [9.17, 15) is 0 Å². The third kappa shape index (κ3) is 4.35. The molecule has 18 heavy (non-hydrogen) atoms. The lowest BCUT2D eigenvalue weighted by Crippen LogP contribution is -2.40. The smallest absolute Gasteiger partial charge is 0.0300 e. The fourth-order valence-electron chi connectivity index (χ4n) is 2.67. The molecular formula is C14H25N3S. The van der Waals surface area contributed by atoms with Gasteiger partial charge in [0.25, 0.3) is 0 Å². The Kier molecular flexibility index (Phi) is 5.63. The predicted molar refractivity (Wildman–Crippen MR) is 79.2 cm³/mol. The summed E-state index contributed by atoms with van der Waals surface area (Å²) in [4.78, 5) is 6.38. The van der Waals surface area contributed by atoms with E-state index in [4.69, 9.17) is 0 Å². The zero-order chi connectivity index (χ0) is 12.8. The molecule has 1 fully saturated rings. The molecule has 1 saturated heterocycles. The van der Waals surface area contributed by atoms with E-state index in [1.807, 2.05) is 11.3 Å². The van der Waals surface area contributed by atoms with Crippen LogP contribution in [0.5, 0.6) is 0 Å². The number of nitrogens with one attached hydrogen (secondary N) is 1. The first-order valence-electron chi connectivity index (χ1n) is 6.87. The van der Waals surface area contributed by atoms with Crippen LogP contribution in [0.4, 0.5) is 0 Å². The molecule has 0 bridgehead atoms. The van der Waals surface area contributed by atoms with E-state index in [-0.39, 0.29) is 0 Å². The summed E-state index contributed by atoms with van der Waals surface area (Å²) in [7, 11) is 4.34. The molecule has 1 aromatic rings. The second kappa shape index (κ2) is 7.24. The number of thiophene rings is 1. The third-order valence-electron chi connectivity index (χ3n) is 3.53. The molecule has 2 rings (SSSR count). The van der Waals surface area contributed by atoms with Gasteiger partial charge in [-0.1, -0.05) is 6.07 Å². The molecule has 0 spiro atoms. The summed E-state index contributed by atoms with van der Waals surface area (Å²) < 4.78 is 0. The van der Waals surface area contributed by atoms with Crippen LogP contribution >= 0.6 is 11.3 Å². The molecule has 1 unspecified atom stereocenters. The van der Waals surface area contributed by atoms with Crippen molar-refractivity contribution in [1.82, 2.24) is 15.1 Å². The topological polar surface area (TPSA) is 18.5 Å². The molecule has 1 aliphatic rings. The van der Waals surface area contributed by atoms with Gasteiger partial charge in [-0.3, -0.25) is 4.90 Å². The number of hydrogen-bond donors (Lipinski definition) is 1. The van der Waals surface area contributed by atoms with Crippen molar-refractivity contribution in [1.29, 1.82) is 0 Å². The van der Waals surface area contributed by atoms with Crippen LogP contribution in [0.2, 0.25) is 0 Å². The normalized spacial score (nSPS) is 20.9. The molecular weight excluding hydrogens is 242 g/mol. The lowest BCUT2D eigenvalue weighted by atomic mass is 10.2. The number of nitrogens with zero attached hydrogens (tertiary/aromatic N) is 2. The molecule has 1 aromatic heterocycles. The van der Waals surface area contributed by atoms with Crippen molar-refractivity contribution in [3.8, 4) is 0 Å². The largest absolute Gasteiger partial charge is 0.311 e. The Labute approximate surface area is 115 Å². The van der Waals surface area contributed by atoms with Crippen molar-refractivity contribution in [2.24, 2.45) is 0 Å². The number of rotatable bonds is 7. The zero-order valence-electron chi connectivity index (χ0n) is 11.6. The molecule has 4 heteroatoms. The van der Waals surface area contributed by atoms with E-state index in [0.29, 0.717) is 0 Å². The second-order valence-electron chi connectivity index (χ2n) is 5.35. The zero-order valence-corrected chi connectivity index (χ0v) is 12.4. The van der Waals surface area contributed by atoms with Crippen LogP contribution in [0.25, 0.3) is 0 Å². The quantitative estimate of drug-likeness (QED) is 0.761. The maximum atomic E-state index is 3.54. The van der Waals surface area contributed by atoms with Gasteiger partial charge in [-0.2, -0.15) is 0 Å². The highest BCUT2D eigenvalue weighted by Gasteiger charge is 2.23. The van der Waals surface area contributed by atoms with Crippen LogP contribution in [-0.2, 0) is 6.54 Å². The highest BCUT2D eigenvalue weighted by molar-refractivity contribution is 7.09. The van der Waals surface area contributed by atoms with Gasteiger partial charge in [-0.15, -0.1) is 11.3 Å². The maximum absolute atomic E-state index is 3.54. The standard InChI is InChI=1S/C14H25N3S/c1-16(2)12-13-5-3-8-17(13)9-7-15-11-14-6-4-10-18-14/h4,6,10,13,15H,3,5,7-9,11-12H2,1-2H3. The SMILES string of the molecule is CN(C)CC1CCCN1CCNCc1cccs1. The molecule has 0 aliphatic carbocycles. The molecule has 0 saturated carbocycles. The highest BCUT2D eigenvalue weighted by atomic mass is 32.1. The van der Waals surface area contributed by atoms with Gasteiger partial charge in [-0.05, 0) is 44.9 Å². The van der Waals surface area contributed by atoms with Gasteiger partial charge in [-0.25, -0.2) is 0 Å². The van der Waals surface area contributed by atoms with Gasteiger partial charge in [0.05, 0.1) is 0 Å². The van der Waals surface area contributed by atoms with Crippen LogP contribution < -0.4 is 5.32 Å². The van der Waals surface area contributed by atoms with Gasteiger partial charge < -0.3 is 10.2 Å². The van der Waals surface area contributed by atoms with Crippen LogP contribution in [0, 0.1) is 0 Å². The molecule has 1 atom stereocenters. The number of hydrogen-bond acceptors (Lipinski definition) is 4. The molecule has 102 valence electrons. The second-order valence-corrected chi connectivity index (χ2v) is 6.38. The Bertz CT molecular complexity index is 324. The van der Waals surface area contributed by atoms with E-state index < -0.39 is 0 Å². The van der Waals surface area contributed by atoms with E-state index in [0.717, 1.165) is 19.1 Å². The van der Waals surface area contributed by atoms with E-state index in [1.165, 1.54) is 37.4 Å². The van der Waals surface area contributed by atoms with Crippen LogP contribution in [0.3, 0.4) is 0 Å². The van der Waals surface area contributed by atoms with E-state index in [2.05, 4.69) is 46.7 Å². The Balaban J connectivity index is 1.63. The summed E-state index contributed by atoms with van der Waals surface area (Å²) in [5, 5.41) is 5.69. The van der Waals surface area contributed by atoms with Gasteiger partial charge in [0.1, 0.15) is 0 Å². The first-order valence-corrected chi connectivity index (χ1v) is 7.75. The molecule has 1 N–H and O–H groups in total. The van der Waals surface area contributed by atoms with E-state index >= 15 is 0 Å². The summed E-state index contributed by atoms with van der Waals surface area (Å²) in [6, 6.07) is 5.08. The number of likely N-dealkylation sites (N-methyl/N-ethyl adjacent to an activating group) is 1. The molecule has 0 aromatic carbocycles. The van der Waals surface area contributed by atoms with Crippen molar-refractivity contribution >= 4 is 11.3 Å². The maximum Gasteiger partial charge on any atom is 0.0300 e. The molecule has 1 aliphatic heterocycles. The Morgan fingerprint density at radius 3 is 3.11 bits per heavy atom. The molecule has 2 heterocycles. The lowest BCUT2D eigenvalue weighted by molar-refractivity contribution is 0.208. The molecule has 3 nitrogen and oxygen atoms in total. The fraction of sp³-hybridized carbons (Fsp3) is 0.714. The van der Waals surface area contributed by atoms with Gasteiger partial charge in [0, 0.05) is 37.1 Å².